The van der Waals surface area contributed by atoms with Crippen LogP contribution >= 0.6 is 0 Å². The van der Waals surface area contributed by atoms with Crippen molar-refractivity contribution in [2.24, 2.45) is 0 Å². The summed E-state index contributed by atoms with van der Waals surface area (Å²) in [5, 5.41) is 2.71. The van der Waals surface area contributed by atoms with E-state index in [0.29, 0.717) is 19.6 Å². The molecule has 1 N–H and O–H groups in total. The topological polar surface area (TPSA) is 54.5 Å². The number of carbonyl (C=O) groups excluding carboxylic acids is 1. The fourth-order valence-corrected chi connectivity index (χ4v) is 1.84. The number of ether oxygens (including phenoxy) is 1. The Morgan fingerprint density at radius 1 is 1.52 bits per heavy atom. The molecule has 5 nitrogen and oxygen atoms in total. The normalized spacial score (nSPS) is 15.5. The first-order valence-electron chi connectivity index (χ1n) is 6.63. The van der Waals surface area contributed by atoms with E-state index in [1.165, 1.54) is 4.90 Å². The van der Waals surface area contributed by atoms with Gasteiger partial charge < -0.3 is 15.0 Å². The van der Waals surface area contributed by atoms with E-state index >= 15 is 0 Å². The molecule has 0 aromatic carbocycles. The van der Waals surface area contributed by atoms with E-state index in [9.17, 15) is 18.0 Å². The summed E-state index contributed by atoms with van der Waals surface area (Å²) in [6.45, 7) is 3.22. The third kappa shape index (κ3) is 3.99. The zero-order valence-corrected chi connectivity index (χ0v) is 11.5. The number of nitrogens with zero attached hydrogens (tertiary/aromatic N) is 2. The van der Waals surface area contributed by atoms with Gasteiger partial charge in [0.25, 0.3) is 0 Å². The van der Waals surface area contributed by atoms with Gasteiger partial charge >= 0.3 is 12.2 Å². The number of hydrogen-bond donors (Lipinski definition) is 1. The van der Waals surface area contributed by atoms with E-state index in [4.69, 9.17) is 4.74 Å². The number of alkyl halides is 3. The summed E-state index contributed by atoms with van der Waals surface area (Å²) >= 11 is 0. The lowest BCUT2D eigenvalue weighted by Crippen LogP contribution is -2.59. The summed E-state index contributed by atoms with van der Waals surface area (Å²) in [6, 6.07) is 1.56. The Morgan fingerprint density at radius 3 is 2.86 bits per heavy atom. The van der Waals surface area contributed by atoms with Crippen molar-refractivity contribution in [2.45, 2.75) is 25.6 Å². The quantitative estimate of drug-likeness (QED) is 0.928. The van der Waals surface area contributed by atoms with Crippen LogP contribution in [0.4, 0.5) is 18.0 Å². The highest BCUT2D eigenvalue weighted by Gasteiger charge is 2.34. The smallest absolute Gasteiger partial charge is 0.416 e. The monoisotopic (exact) mass is 303 g/mol. The molecule has 0 unspecified atom stereocenters. The maximum atomic E-state index is 12.5. The number of hydrogen-bond acceptors (Lipinski definition) is 3. The van der Waals surface area contributed by atoms with Crippen LogP contribution in [0.5, 0.6) is 5.88 Å². The lowest BCUT2D eigenvalue weighted by Gasteiger charge is -2.38. The predicted molar refractivity (Wildman–Crippen MR) is 68.9 cm³/mol. The van der Waals surface area contributed by atoms with Crippen LogP contribution in [0.15, 0.2) is 18.3 Å². The van der Waals surface area contributed by atoms with Gasteiger partial charge in [-0.1, -0.05) is 6.92 Å². The largest absolute Gasteiger partial charge is 0.471 e. The predicted octanol–water partition coefficient (Wildman–Crippen LogP) is 2.28. The van der Waals surface area contributed by atoms with Crippen LogP contribution in [0.2, 0.25) is 0 Å². The number of halogens is 3. The number of rotatable bonds is 4. The van der Waals surface area contributed by atoms with Crippen LogP contribution in [0.25, 0.3) is 0 Å². The zero-order valence-electron chi connectivity index (χ0n) is 11.5. The highest BCUT2D eigenvalue weighted by atomic mass is 19.4. The summed E-state index contributed by atoms with van der Waals surface area (Å²) in [5.41, 5.74) is -0.802. The number of amides is 2. The Kier molecular flexibility index (Phi) is 4.54. The van der Waals surface area contributed by atoms with Gasteiger partial charge in [0.2, 0.25) is 5.88 Å². The molecular weight excluding hydrogens is 287 g/mol. The summed E-state index contributed by atoms with van der Waals surface area (Å²) < 4.78 is 43.0. The lowest BCUT2D eigenvalue weighted by molar-refractivity contribution is -0.137. The fraction of sp³-hybridized carbons (Fsp3) is 0.538. The first kappa shape index (κ1) is 15.4. The van der Waals surface area contributed by atoms with Gasteiger partial charge in [0.1, 0.15) is 6.10 Å². The molecular formula is C13H16F3N3O2. The Bertz CT molecular complexity index is 502. The van der Waals surface area contributed by atoms with Crippen LogP contribution in [-0.2, 0) is 6.18 Å². The Morgan fingerprint density at radius 2 is 2.24 bits per heavy atom. The van der Waals surface area contributed by atoms with Crippen LogP contribution in [0.3, 0.4) is 0 Å². The average Bonchev–Trinajstić information content (AvgIpc) is 2.39. The van der Waals surface area contributed by atoms with Gasteiger partial charge in [-0.05, 0) is 12.5 Å². The molecule has 21 heavy (non-hydrogen) atoms. The molecule has 0 saturated carbocycles. The number of aromatic nitrogens is 1. The molecule has 1 fully saturated rings. The number of urea groups is 1. The molecule has 1 aromatic heterocycles. The number of nitrogens with one attached hydrogen (secondary N) is 1. The standard InChI is InChI=1S/C13H16F3N3O2/c1-2-4-18-12(20)19-7-10(8-19)21-11-6-9(3-5-17-11)13(14,15)16/h3,5-6,10H,2,4,7-8H2,1H3,(H,18,20). The minimum atomic E-state index is -4.42. The number of carbonyl (C=O) groups is 1. The van der Waals surface area contributed by atoms with Gasteiger partial charge in [-0.3, -0.25) is 0 Å². The molecule has 2 amide bonds. The van der Waals surface area contributed by atoms with E-state index in [0.717, 1.165) is 24.8 Å². The molecule has 1 aromatic rings. The van der Waals surface area contributed by atoms with Gasteiger partial charge in [-0.2, -0.15) is 13.2 Å². The molecule has 1 aliphatic rings. The Labute approximate surface area is 120 Å². The van der Waals surface area contributed by atoms with Crippen LogP contribution < -0.4 is 10.1 Å². The molecule has 2 rings (SSSR count). The van der Waals surface area contributed by atoms with Crippen molar-refractivity contribution in [1.29, 1.82) is 0 Å². The first-order valence-corrected chi connectivity index (χ1v) is 6.63. The van der Waals surface area contributed by atoms with Gasteiger partial charge in [0, 0.05) is 18.8 Å². The molecule has 116 valence electrons. The molecule has 0 aliphatic carbocycles. The van der Waals surface area contributed by atoms with E-state index in [2.05, 4.69) is 10.3 Å². The van der Waals surface area contributed by atoms with E-state index < -0.39 is 11.7 Å². The first-order chi connectivity index (χ1) is 9.90. The van der Waals surface area contributed by atoms with Crippen LogP contribution in [0.1, 0.15) is 18.9 Å². The van der Waals surface area contributed by atoms with Gasteiger partial charge in [0.05, 0.1) is 18.7 Å². The lowest BCUT2D eigenvalue weighted by atomic mass is 10.2. The maximum Gasteiger partial charge on any atom is 0.416 e. The summed E-state index contributed by atoms with van der Waals surface area (Å²) in [6.07, 6.45) is -2.85. The number of likely N-dealkylation sites (tertiary alicyclic amines) is 1. The third-order valence-electron chi connectivity index (χ3n) is 3.01. The summed E-state index contributed by atoms with van der Waals surface area (Å²) in [5.74, 6) is -0.0801. The van der Waals surface area contributed by atoms with Crippen molar-refractivity contribution in [3.63, 3.8) is 0 Å². The van der Waals surface area contributed by atoms with E-state index in [1.54, 1.807) is 0 Å². The van der Waals surface area contributed by atoms with Crippen molar-refractivity contribution < 1.29 is 22.7 Å². The second kappa shape index (κ2) is 6.19. The second-order valence-corrected chi connectivity index (χ2v) is 4.76. The van der Waals surface area contributed by atoms with Crippen molar-refractivity contribution in [1.82, 2.24) is 15.2 Å². The molecule has 1 aliphatic heterocycles. The Hall–Kier alpha value is -1.99. The van der Waals surface area contributed by atoms with Crippen LogP contribution in [0, 0.1) is 0 Å². The third-order valence-corrected chi connectivity index (χ3v) is 3.01. The molecule has 0 spiro atoms. The van der Waals surface area contributed by atoms with Crippen LogP contribution in [-0.4, -0.2) is 41.7 Å². The highest BCUT2D eigenvalue weighted by Crippen LogP contribution is 2.30. The minimum Gasteiger partial charge on any atom is -0.471 e. The highest BCUT2D eigenvalue weighted by molar-refractivity contribution is 5.75. The zero-order chi connectivity index (χ0) is 15.5. The van der Waals surface area contributed by atoms with E-state index in [-0.39, 0.29) is 18.0 Å². The fourth-order valence-electron chi connectivity index (χ4n) is 1.84. The van der Waals surface area contributed by atoms with Crippen molar-refractivity contribution in [2.75, 3.05) is 19.6 Å². The molecule has 0 atom stereocenters. The van der Waals surface area contributed by atoms with Crippen molar-refractivity contribution >= 4 is 6.03 Å². The maximum absolute atomic E-state index is 12.5. The Balaban J connectivity index is 1.84. The molecule has 2 heterocycles. The molecule has 0 radical (unpaired) electrons. The second-order valence-electron chi connectivity index (χ2n) is 4.76. The SMILES string of the molecule is CCCNC(=O)N1CC(Oc2cc(C(F)(F)F)ccn2)C1. The van der Waals surface area contributed by atoms with Crippen molar-refractivity contribution in [3.05, 3.63) is 23.9 Å². The molecule has 0 bridgehead atoms. The number of pyridine rings is 1. The van der Waals surface area contributed by atoms with Gasteiger partial charge in [-0.15, -0.1) is 0 Å². The van der Waals surface area contributed by atoms with E-state index in [1.807, 2.05) is 6.92 Å². The average molecular weight is 303 g/mol. The molecule has 1 saturated heterocycles. The molecule has 8 heteroatoms. The van der Waals surface area contributed by atoms with Crippen molar-refractivity contribution in [3.8, 4) is 5.88 Å². The van der Waals surface area contributed by atoms with Gasteiger partial charge in [-0.25, -0.2) is 9.78 Å². The summed E-state index contributed by atoms with van der Waals surface area (Å²) in [4.78, 5) is 16.9. The summed E-state index contributed by atoms with van der Waals surface area (Å²) in [7, 11) is 0. The van der Waals surface area contributed by atoms with Gasteiger partial charge in [0.15, 0.2) is 0 Å². The minimum absolute atomic E-state index is 0.0801.